The molecule has 0 bridgehead atoms. The topological polar surface area (TPSA) is 55.3 Å². The van der Waals surface area contributed by atoms with Crippen LogP contribution in [0.3, 0.4) is 0 Å². The lowest BCUT2D eigenvalue weighted by atomic mass is 10.1. The molecule has 1 amide bonds. The molecule has 3 aromatic rings. The lowest BCUT2D eigenvalue weighted by molar-refractivity contribution is -0.126. The summed E-state index contributed by atoms with van der Waals surface area (Å²) in [6, 6.07) is 16.6. The largest absolute Gasteiger partial charge is 0.492 e. The summed E-state index contributed by atoms with van der Waals surface area (Å²) < 4.78 is 22.3. The number of hydrogen-bond acceptors (Lipinski definition) is 4. The van der Waals surface area contributed by atoms with Crippen LogP contribution in [0.2, 0.25) is 0 Å². The van der Waals surface area contributed by atoms with E-state index in [9.17, 15) is 9.18 Å². The van der Waals surface area contributed by atoms with Crippen molar-refractivity contribution >= 4 is 17.9 Å². The van der Waals surface area contributed by atoms with Gasteiger partial charge in [-0.2, -0.15) is 0 Å². The maximum absolute atomic E-state index is 14.4. The van der Waals surface area contributed by atoms with E-state index in [4.69, 9.17) is 4.74 Å². The summed E-state index contributed by atoms with van der Waals surface area (Å²) in [6.45, 7) is 1.09. The third-order valence-electron chi connectivity index (χ3n) is 5.48. The molecule has 1 saturated carbocycles. The molecule has 4 rings (SSSR count). The number of amides is 1. The summed E-state index contributed by atoms with van der Waals surface area (Å²) >= 11 is 1.52. The molecule has 1 aliphatic carbocycles. The maximum atomic E-state index is 14.4. The third kappa shape index (κ3) is 4.78. The SMILES string of the molecule is CNCc1cc(-c2ccccc2F)n(Sc2ccc(OCC3(C(=O)NC)CC3)cc2)c1. The molecule has 1 aliphatic rings. The average molecular weight is 440 g/mol. The van der Waals surface area contributed by atoms with Crippen LogP contribution in [-0.4, -0.2) is 30.6 Å². The van der Waals surface area contributed by atoms with Crippen molar-refractivity contribution in [2.45, 2.75) is 24.3 Å². The van der Waals surface area contributed by atoms with Gasteiger partial charge in [0.1, 0.15) is 18.2 Å². The van der Waals surface area contributed by atoms with Crippen molar-refractivity contribution in [3.63, 3.8) is 0 Å². The zero-order chi connectivity index (χ0) is 21.8. The fourth-order valence-corrected chi connectivity index (χ4v) is 4.45. The lowest BCUT2D eigenvalue weighted by Gasteiger charge is -2.15. The second-order valence-corrected chi connectivity index (χ2v) is 8.83. The highest BCUT2D eigenvalue weighted by molar-refractivity contribution is 7.98. The first kappa shape index (κ1) is 21.5. The van der Waals surface area contributed by atoms with Crippen molar-refractivity contribution < 1.29 is 13.9 Å². The van der Waals surface area contributed by atoms with Crippen LogP contribution in [0.4, 0.5) is 4.39 Å². The highest BCUT2D eigenvalue weighted by Gasteiger charge is 2.50. The molecular weight excluding hydrogens is 413 g/mol. The summed E-state index contributed by atoms with van der Waals surface area (Å²) in [7, 11) is 3.55. The molecule has 1 fully saturated rings. The van der Waals surface area contributed by atoms with E-state index < -0.39 is 0 Å². The van der Waals surface area contributed by atoms with Gasteiger partial charge in [-0.25, -0.2) is 4.39 Å². The van der Waals surface area contributed by atoms with E-state index in [-0.39, 0.29) is 17.1 Å². The number of carbonyl (C=O) groups excluding carboxylic acids is 1. The van der Waals surface area contributed by atoms with Gasteiger partial charge in [0.15, 0.2) is 0 Å². The van der Waals surface area contributed by atoms with Gasteiger partial charge in [0, 0.05) is 30.2 Å². The van der Waals surface area contributed by atoms with Gasteiger partial charge in [-0.3, -0.25) is 8.77 Å². The first-order chi connectivity index (χ1) is 15.0. The van der Waals surface area contributed by atoms with Crippen molar-refractivity contribution in [1.29, 1.82) is 0 Å². The molecule has 0 atom stereocenters. The molecule has 5 nitrogen and oxygen atoms in total. The molecule has 2 aromatic carbocycles. The van der Waals surface area contributed by atoms with Gasteiger partial charge >= 0.3 is 0 Å². The Morgan fingerprint density at radius 3 is 2.55 bits per heavy atom. The molecule has 0 saturated heterocycles. The molecule has 7 heteroatoms. The summed E-state index contributed by atoms with van der Waals surface area (Å²) in [4.78, 5) is 13.0. The highest BCUT2D eigenvalue weighted by atomic mass is 32.2. The zero-order valence-electron chi connectivity index (χ0n) is 17.7. The van der Waals surface area contributed by atoms with Gasteiger partial charge in [-0.05, 0) is 79.9 Å². The Kier molecular flexibility index (Phi) is 6.34. The molecule has 2 N–H and O–H groups in total. The van der Waals surface area contributed by atoms with Crippen molar-refractivity contribution in [2.75, 3.05) is 20.7 Å². The number of rotatable bonds is 9. The second kappa shape index (κ2) is 9.16. The normalized spacial score (nSPS) is 14.3. The van der Waals surface area contributed by atoms with Crippen LogP contribution >= 0.6 is 11.9 Å². The molecule has 0 spiro atoms. The highest BCUT2D eigenvalue weighted by Crippen LogP contribution is 2.46. The second-order valence-electron chi connectivity index (χ2n) is 7.78. The summed E-state index contributed by atoms with van der Waals surface area (Å²) in [5, 5.41) is 5.86. The number of aromatic nitrogens is 1. The van der Waals surface area contributed by atoms with Gasteiger partial charge < -0.3 is 15.4 Å². The van der Waals surface area contributed by atoms with E-state index in [2.05, 4.69) is 10.6 Å². The monoisotopic (exact) mass is 439 g/mol. The third-order valence-corrected chi connectivity index (χ3v) is 6.46. The van der Waals surface area contributed by atoms with Crippen LogP contribution < -0.4 is 15.4 Å². The predicted molar refractivity (Wildman–Crippen MR) is 122 cm³/mol. The lowest BCUT2D eigenvalue weighted by Crippen LogP contribution is -2.33. The van der Waals surface area contributed by atoms with E-state index in [0.717, 1.165) is 34.7 Å². The molecule has 31 heavy (non-hydrogen) atoms. The number of ether oxygens (including phenoxy) is 1. The van der Waals surface area contributed by atoms with E-state index in [1.807, 2.05) is 53.6 Å². The van der Waals surface area contributed by atoms with Gasteiger partial charge in [0.25, 0.3) is 0 Å². The van der Waals surface area contributed by atoms with Gasteiger partial charge in [0.2, 0.25) is 5.91 Å². The van der Waals surface area contributed by atoms with Crippen molar-refractivity contribution in [2.24, 2.45) is 5.41 Å². The summed E-state index contributed by atoms with van der Waals surface area (Å²) in [5.74, 6) is 0.537. The van der Waals surface area contributed by atoms with Crippen LogP contribution in [-0.2, 0) is 11.3 Å². The molecule has 0 radical (unpaired) electrons. The Hall–Kier alpha value is -2.77. The van der Waals surface area contributed by atoms with Crippen molar-refractivity contribution in [3.8, 4) is 17.0 Å². The molecular formula is C24H26FN3O2S. The van der Waals surface area contributed by atoms with Gasteiger partial charge in [-0.15, -0.1) is 0 Å². The smallest absolute Gasteiger partial charge is 0.229 e. The summed E-state index contributed by atoms with van der Waals surface area (Å²) in [6.07, 6.45) is 3.75. The minimum absolute atomic E-state index is 0.0466. The van der Waals surface area contributed by atoms with E-state index in [1.165, 1.54) is 18.0 Å². The number of carbonyl (C=O) groups is 1. The molecule has 0 unspecified atom stereocenters. The number of nitrogens with zero attached hydrogens (tertiary/aromatic N) is 1. The number of nitrogens with one attached hydrogen (secondary N) is 2. The Bertz CT molecular complexity index is 1060. The Morgan fingerprint density at radius 2 is 1.90 bits per heavy atom. The number of hydrogen-bond donors (Lipinski definition) is 2. The molecule has 1 heterocycles. The van der Waals surface area contributed by atoms with E-state index in [1.54, 1.807) is 19.2 Å². The van der Waals surface area contributed by atoms with Gasteiger partial charge in [0.05, 0.1) is 11.1 Å². The Morgan fingerprint density at radius 1 is 1.16 bits per heavy atom. The zero-order valence-corrected chi connectivity index (χ0v) is 18.5. The van der Waals surface area contributed by atoms with Gasteiger partial charge in [-0.1, -0.05) is 12.1 Å². The van der Waals surface area contributed by atoms with Crippen LogP contribution in [0.1, 0.15) is 18.4 Å². The van der Waals surface area contributed by atoms with Crippen LogP contribution in [0.25, 0.3) is 11.3 Å². The standard InChI is InChI=1S/C24H26FN3O2S/c1-26-14-17-13-22(20-5-3-4-6-21(20)25)28(15-17)31-19-9-7-18(8-10-19)30-16-24(11-12-24)23(29)27-2/h3-10,13,15,26H,11-12,14,16H2,1-2H3,(H,27,29). The van der Waals surface area contributed by atoms with E-state index >= 15 is 0 Å². The first-order valence-corrected chi connectivity index (χ1v) is 11.1. The number of benzene rings is 2. The first-order valence-electron chi connectivity index (χ1n) is 10.3. The minimum atomic E-state index is -0.369. The molecule has 1 aromatic heterocycles. The van der Waals surface area contributed by atoms with Crippen molar-refractivity contribution in [3.05, 3.63) is 72.2 Å². The Balaban J connectivity index is 1.49. The summed E-state index contributed by atoms with van der Waals surface area (Å²) in [5.41, 5.74) is 2.10. The van der Waals surface area contributed by atoms with Crippen LogP contribution in [0, 0.1) is 11.2 Å². The fraction of sp³-hybridized carbons (Fsp3) is 0.292. The van der Waals surface area contributed by atoms with Crippen LogP contribution in [0.5, 0.6) is 5.75 Å². The Labute approximate surface area is 186 Å². The van der Waals surface area contributed by atoms with E-state index in [0.29, 0.717) is 18.7 Å². The van der Waals surface area contributed by atoms with Crippen molar-refractivity contribution in [1.82, 2.24) is 14.6 Å². The minimum Gasteiger partial charge on any atom is -0.492 e. The molecule has 162 valence electrons. The van der Waals surface area contributed by atoms with Crippen LogP contribution in [0.15, 0.2) is 65.7 Å². The molecule has 0 aliphatic heterocycles. The average Bonchev–Trinajstić information content (AvgIpc) is 3.48. The quantitative estimate of drug-likeness (QED) is 0.516. The predicted octanol–water partition coefficient (Wildman–Crippen LogP) is 4.47. The number of halogens is 1. The maximum Gasteiger partial charge on any atom is 0.229 e. The fourth-order valence-electron chi connectivity index (χ4n) is 3.52.